The fourth-order valence-corrected chi connectivity index (χ4v) is 2.29. The number of piperazine rings is 1. The molecule has 2 rings (SSSR count). The van der Waals surface area contributed by atoms with Gasteiger partial charge in [0.25, 0.3) is 5.91 Å². The van der Waals surface area contributed by atoms with Crippen LogP contribution in [0.5, 0.6) is 5.75 Å². The van der Waals surface area contributed by atoms with Gasteiger partial charge in [0.1, 0.15) is 5.75 Å². The number of amides is 1. The van der Waals surface area contributed by atoms with Crippen molar-refractivity contribution in [3.05, 3.63) is 27.8 Å². The zero-order valence-corrected chi connectivity index (χ0v) is 13.7. The Kier molecular flexibility index (Phi) is 6.88. The van der Waals surface area contributed by atoms with Crippen LogP contribution in [0, 0.1) is 3.57 Å². The van der Waals surface area contributed by atoms with Gasteiger partial charge < -0.3 is 15.0 Å². The summed E-state index contributed by atoms with van der Waals surface area (Å²) in [5.74, 6) is 0.800. The van der Waals surface area contributed by atoms with E-state index < -0.39 is 0 Å². The van der Waals surface area contributed by atoms with Crippen molar-refractivity contribution in [3.8, 4) is 5.75 Å². The van der Waals surface area contributed by atoms with Gasteiger partial charge in [0.15, 0.2) is 6.61 Å². The number of nitrogens with one attached hydrogen (secondary N) is 1. The van der Waals surface area contributed by atoms with Crippen molar-refractivity contribution in [2.75, 3.05) is 26.2 Å². The van der Waals surface area contributed by atoms with Crippen LogP contribution >= 0.6 is 35.0 Å². The molecule has 1 heterocycles. The summed E-state index contributed by atoms with van der Waals surface area (Å²) in [5, 5.41) is 3.31. The minimum absolute atomic E-state index is 0. The molecule has 1 aliphatic rings. The number of carbonyl (C=O) groups excluding carboxylic acids is 1. The van der Waals surface area contributed by atoms with Crippen molar-refractivity contribution in [2.24, 2.45) is 0 Å². The maximum atomic E-state index is 12.0. The second kappa shape index (κ2) is 7.91. The number of ether oxygens (including phenoxy) is 1. The molecule has 1 unspecified atom stereocenters. The van der Waals surface area contributed by atoms with E-state index in [0.717, 1.165) is 29.0 Å². The first-order valence-electron chi connectivity index (χ1n) is 6.04. The summed E-state index contributed by atoms with van der Waals surface area (Å²) in [6, 6.07) is 8.06. The molecule has 1 aliphatic heterocycles. The molecular weight excluding hydrogens is 379 g/mol. The number of nitrogens with zero attached hydrogens (tertiary/aromatic N) is 1. The molecule has 1 amide bonds. The maximum absolute atomic E-state index is 12.0. The lowest BCUT2D eigenvalue weighted by molar-refractivity contribution is -0.134. The highest BCUT2D eigenvalue weighted by molar-refractivity contribution is 14.1. The van der Waals surface area contributed by atoms with Crippen LogP contribution in [0.1, 0.15) is 6.92 Å². The molecule has 6 heteroatoms. The first-order chi connectivity index (χ1) is 8.65. The summed E-state index contributed by atoms with van der Waals surface area (Å²) in [7, 11) is 0. The van der Waals surface area contributed by atoms with Crippen molar-refractivity contribution in [3.63, 3.8) is 0 Å². The number of carbonyl (C=O) groups is 1. The SMILES string of the molecule is CC1CN(C(=O)COc2ccc(I)cc2)CCN1.Cl. The van der Waals surface area contributed by atoms with Crippen LogP contribution in [-0.2, 0) is 4.79 Å². The zero-order valence-electron chi connectivity index (χ0n) is 10.8. The lowest BCUT2D eigenvalue weighted by Gasteiger charge is -2.31. The third kappa shape index (κ3) is 5.16. The van der Waals surface area contributed by atoms with Gasteiger partial charge in [0.2, 0.25) is 0 Å². The molecular formula is C13H18ClIN2O2. The Morgan fingerprint density at radius 3 is 2.79 bits per heavy atom. The Hall–Kier alpha value is -0.530. The van der Waals surface area contributed by atoms with Crippen LogP contribution in [0.4, 0.5) is 0 Å². The van der Waals surface area contributed by atoms with Gasteiger partial charge in [-0.25, -0.2) is 0 Å². The zero-order chi connectivity index (χ0) is 13.0. The first-order valence-corrected chi connectivity index (χ1v) is 7.12. The normalized spacial score (nSPS) is 18.6. The van der Waals surface area contributed by atoms with E-state index in [2.05, 4.69) is 34.8 Å². The van der Waals surface area contributed by atoms with Gasteiger partial charge in [0, 0.05) is 29.2 Å². The van der Waals surface area contributed by atoms with Gasteiger partial charge in [-0.3, -0.25) is 4.79 Å². The third-order valence-corrected chi connectivity index (χ3v) is 3.62. The predicted octanol–water partition coefficient (Wildman–Crippen LogP) is 1.91. The molecule has 0 radical (unpaired) electrons. The molecule has 1 aromatic rings. The molecule has 0 aromatic heterocycles. The van der Waals surface area contributed by atoms with Gasteiger partial charge in [0.05, 0.1) is 0 Å². The standard InChI is InChI=1S/C13H17IN2O2.ClH/c1-10-8-16(7-6-15-10)13(17)9-18-12-4-2-11(14)3-5-12;/h2-5,10,15H,6-9H2,1H3;1H. The van der Waals surface area contributed by atoms with E-state index in [4.69, 9.17) is 4.74 Å². The van der Waals surface area contributed by atoms with Crippen molar-refractivity contribution >= 4 is 40.9 Å². The Morgan fingerprint density at radius 2 is 2.16 bits per heavy atom. The molecule has 1 atom stereocenters. The Balaban J connectivity index is 0.00000180. The van der Waals surface area contributed by atoms with E-state index in [1.807, 2.05) is 29.2 Å². The van der Waals surface area contributed by atoms with Gasteiger partial charge in [-0.15, -0.1) is 12.4 Å². The quantitative estimate of drug-likeness (QED) is 0.794. The molecule has 19 heavy (non-hydrogen) atoms. The number of benzene rings is 1. The van der Waals surface area contributed by atoms with Crippen LogP contribution in [0.3, 0.4) is 0 Å². The number of rotatable bonds is 3. The summed E-state index contributed by atoms with van der Waals surface area (Å²) >= 11 is 2.24. The lowest BCUT2D eigenvalue weighted by Crippen LogP contribution is -2.52. The number of hydrogen-bond donors (Lipinski definition) is 1. The Morgan fingerprint density at radius 1 is 1.47 bits per heavy atom. The molecule has 4 nitrogen and oxygen atoms in total. The molecule has 0 aliphatic carbocycles. The average molecular weight is 397 g/mol. The summed E-state index contributed by atoms with van der Waals surface area (Å²) < 4.78 is 6.65. The van der Waals surface area contributed by atoms with E-state index in [9.17, 15) is 4.79 Å². The largest absolute Gasteiger partial charge is 0.484 e. The van der Waals surface area contributed by atoms with Gasteiger partial charge in [-0.1, -0.05) is 0 Å². The van der Waals surface area contributed by atoms with Crippen LogP contribution in [0.2, 0.25) is 0 Å². The van der Waals surface area contributed by atoms with Crippen LogP contribution in [0.25, 0.3) is 0 Å². The molecule has 0 saturated carbocycles. The highest BCUT2D eigenvalue weighted by atomic mass is 127. The van der Waals surface area contributed by atoms with Gasteiger partial charge in [-0.2, -0.15) is 0 Å². The minimum Gasteiger partial charge on any atom is -0.484 e. The second-order valence-corrected chi connectivity index (χ2v) is 5.68. The monoisotopic (exact) mass is 396 g/mol. The molecule has 0 spiro atoms. The van der Waals surface area contributed by atoms with Gasteiger partial charge >= 0.3 is 0 Å². The molecule has 1 aromatic carbocycles. The third-order valence-electron chi connectivity index (χ3n) is 2.90. The lowest BCUT2D eigenvalue weighted by atomic mass is 10.2. The predicted molar refractivity (Wildman–Crippen MR) is 85.9 cm³/mol. The molecule has 1 fully saturated rings. The van der Waals surface area contributed by atoms with E-state index in [1.54, 1.807) is 0 Å². The van der Waals surface area contributed by atoms with E-state index in [-0.39, 0.29) is 24.9 Å². The van der Waals surface area contributed by atoms with Crippen molar-refractivity contribution in [1.29, 1.82) is 0 Å². The Bertz CT molecular complexity index is 414. The second-order valence-electron chi connectivity index (χ2n) is 4.44. The summed E-state index contributed by atoms with van der Waals surface area (Å²) in [6.07, 6.45) is 0. The minimum atomic E-state index is 0. The smallest absolute Gasteiger partial charge is 0.260 e. The van der Waals surface area contributed by atoms with Crippen LogP contribution < -0.4 is 10.1 Å². The summed E-state index contributed by atoms with van der Waals surface area (Å²) in [5.41, 5.74) is 0. The fraction of sp³-hybridized carbons (Fsp3) is 0.462. The van der Waals surface area contributed by atoms with E-state index in [0.29, 0.717) is 6.04 Å². The summed E-state index contributed by atoms with van der Waals surface area (Å²) in [4.78, 5) is 13.8. The van der Waals surface area contributed by atoms with Crippen molar-refractivity contribution in [2.45, 2.75) is 13.0 Å². The van der Waals surface area contributed by atoms with Gasteiger partial charge in [-0.05, 0) is 53.8 Å². The van der Waals surface area contributed by atoms with Crippen LogP contribution in [-0.4, -0.2) is 43.1 Å². The Labute approximate surface area is 133 Å². The summed E-state index contributed by atoms with van der Waals surface area (Å²) in [6.45, 7) is 4.58. The molecule has 106 valence electrons. The first kappa shape index (κ1) is 16.5. The number of halogens is 2. The van der Waals surface area contributed by atoms with E-state index in [1.165, 1.54) is 0 Å². The highest BCUT2D eigenvalue weighted by Crippen LogP contribution is 2.13. The molecule has 0 bridgehead atoms. The van der Waals surface area contributed by atoms with Crippen molar-refractivity contribution in [1.82, 2.24) is 10.2 Å². The van der Waals surface area contributed by atoms with Crippen molar-refractivity contribution < 1.29 is 9.53 Å². The fourth-order valence-electron chi connectivity index (χ4n) is 1.93. The topological polar surface area (TPSA) is 41.6 Å². The highest BCUT2D eigenvalue weighted by Gasteiger charge is 2.20. The molecule has 1 saturated heterocycles. The van der Waals surface area contributed by atoms with E-state index >= 15 is 0 Å². The maximum Gasteiger partial charge on any atom is 0.260 e. The number of hydrogen-bond acceptors (Lipinski definition) is 3. The molecule has 1 N–H and O–H groups in total. The average Bonchev–Trinajstić information content (AvgIpc) is 2.38. The van der Waals surface area contributed by atoms with Crippen LogP contribution in [0.15, 0.2) is 24.3 Å².